The minimum absolute atomic E-state index is 0.100. The summed E-state index contributed by atoms with van der Waals surface area (Å²) in [5.74, 6) is -0.710. The van der Waals surface area contributed by atoms with Gasteiger partial charge in [-0.3, -0.25) is 9.59 Å². The van der Waals surface area contributed by atoms with E-state index >= 15 is 0 Å². The highest BCUT2D eigenvalue weighted by molar-refractivity contribution is 7.89. The predicted molar refractivity (Wildman–Crippen MR) is 147 cm³/mol. The lowest BCUT2D eigenvalue weighted by Gasteiger charge is -2.26. The number of allylic oxidation sites excluding steroid dienone is 1. The summed E-state index contributed by atoms with van der Waals surface area (Å²) in [4.78, 5) is 27.8. The van der Waals surface area contributed by atoms with E-state index in [1.807, 2.05) is 68.6 Å². The molecule has 192 valence electrons. The van der Waals surface area contributed by atoms with E-state index < -0.39 is 28.0 Å². The van der Waals surface area contributed by atoms with E-state index in [9.17, 15) is 18.0 Å². The average molecular weight is 518 g/mol. The highest BCUT2D eigenvalue weighted by atomic mass is 32.2. The molecule has 37 heavy (non-hydrogen) atoms. The highest BCUT2D eigenvalue weighted by Crippen LogP contribution is 2.22. The fraction of sp³-hybridized carbons (Fsp3) is 0.241. The summed E-state index contributed by atoms with van der Waals surface area (Å²) in [6.45, 7) is 3.74. The molecule has 0 fully saturated rings. The maximum atomic E-state index is 13.5. The second kappa shape index (κ2) is 11.5. The molecule has 4 aromatic rings. The number of carbonyl (C=O) groups excluding carboxylic acids is 2. The fourth-order valence-corrected chi connectivity index (χ4v) is 5.73. The molecule has 1 aromatic heterocycles. The molecule has 0 spiro atoms. The van der Waals surface area contributed by atoms with Crippen LogP contribution in [0.25, 0.3) is 21.7 Å². The van der Waals surface area contributed by atoms with Crippen molar-refractivity contribution in [2.75, 3.05) is 0 Å². The number of fused-ring (bicyclic) bond motifs is 2. The van der Waals surface area contributed by atoms with Gasteiger partial charge in [0.2, 0.25) is 15.9 Å². The molecular weight excluding hydrogens is 486 g/mol. The first-order valence-corrected chi connectivity index (χ1v) is 13.8. The van der Waals surface area contributed by atoms with E-state index in [4.69, 9.17) is 0 Å². The van der Waals surface area contributed by atoms with Crippen LogP contribution in [0.3, 0.4) is 0 Å². The van der Waals surface area contributed by atoms with Gasteiger partial charge in [-0.1, -0.05) is 74.9 Å². The van der Waals surface area contributed by atoms with E-state index in [2.05, 4.69) is 15.0 Å². The molecule has 0 saturated heterocycles. The first-order chi connectivity index (χ1) is 17.8. The second-order valence-electron chi connectivity index (χ2n) is 9.19. The fourth-order valence-electron chi connectivity index (χ4n) is 4.39. The Morgan fingerprint density at radius 1 is 1.03 bits per heavy atom. The minimum atomic E-state index is -3.97. The van der Waals surface area contributed by atoms with Gasteiger partial charge in [-0.25, -0.2) is 8.42 Å². The number of amides is 1. The number of benzene rings is 3. The third-order valence-electron chi connectivity index (χ3n) is 6.67. The van der Waals surface area contributed by atoms with E-state index in [0.717, 1.165) is 27.2 Å². The van der Waals surface area contributed by atoms with E-state index in [-0.39, 0.29) is 10.8 Å². The summed E-state index contributed by atoms with van der Waals surface area (Å²) in [5.41, 5.74) is 1.95. The summed E-state index contributed by atoms with van der Waals surface area (Å²) >= 11 is 0. The van der Waals surface area contributed by atoms with Gasteiger partial charge in [-0.2, -0.15) is 4.72 Å². The number of para-hydroxylation sites is 1. The summed E-state index contributed by atoms with van der Waals surface area (Å²) in [5, 5.41) is 5.70. The van der Waals surface area contributed by atoms with E-state index in [0.29, 0.717) is 19.1 Å². The van der Waals surface area contributed by atoms with Gasteiger partial charge in [0.25, 0.3) is 0 Å². The molecule has 4 rings (SSSR count). The lowest BCUT2D eigenvalue weighted by Crippen LogP contribution is -2.52. The Morgan fingerprint density at radius 3 is 2.51 bits per heavy atom. The maximum absolute atomic E-state index is 13.5. The third-order valence-corrected chi connectivity index (χ3v) is 8.11. The molecule has 8 heteroatoms. The van der Waals surface area contributed by atoms with Crippen molar-refractivity contribution in [3.63, 3.8) is 0 Å². The number of carbonyl (C=O) groups is 2. The van der Waals surface area contributed by atoms with Crippen molar-refractivity contribution in [3.05, 3.63) is 90.6 Å². The van der Waals surface area contributed by atoms with Crippen LogP contribution < -0.4 is 10.0 Å². The van der Waals surface area contributed by atoms with E-state index in [1.165, 1.54) is 6.08 Å². The quantitative estimate of drug-likeness (QED) is 0.201. The Balaban J connectivity index is 1.57. The third kappa shape index (κ3) is 6.15. The van der Waals surface area contributed by atoms with Crippen LogP contribution in [0.15, 0.2) is 90.0 Å². The summed E-state index contributed by atoms with van der Waals surface area (Å²) < 4.78 is 29.3. The molecule has 3 N–H and O–H groups in total. The Morgan fingerprint density at radius 2 is 1.76 bits per heavy atom. The minimum Gasteiger partial charge on any atom is -0.361 e. The number of aldehydes is 1. The van der Waals surface area contributed by atoms with Crippen LogP contribution in [-0.4, -0.2) is 37.7 Å². The molecule has 3 atom stereocenters. The second-order valence-corrected chi connectivity index (χ2v) is 10.9. The number of hydrogen-bond donors (Lipinski definition) is 3. The number of hydrogen-bond acceptors (Lipinski definition) is 4. The molecule has 3 aromatic carbocycles. The van der Waals surface area contributed by atoms with Crippen LogP contribution in [-0.2, 0) is 26.0 Å². The van der Waals surface area contributed by atoms with Crippen LogP contribution in [0.2, 0.25) is 0 Å². The zero-order chi connectivity index (χ0) is 26.4. The van der Waals surface area contributed by atoms with Crippen molar-refractivity contribution in [1.82, 2.24) is 15.0 Å². The van der Waals surface area contributed by atoms with Crippen molar-refractivity contribution in [1.29, 1.82) is 0 Å². The van der Waals surface area contributed by atoms with Gasteiger partial charge in [0.1, 0.15) is 12.3 Å². The zero-order valence-corrected chi connectivity index (χ0v) is 21.7. The van der Waals surface area contributed by atoms with Crippen molar-refractivity contribution < 1.29 is 18.0 Å². The summed E-state index contributed by atoms with van der Waals surface area (Å²) in [7, 11) is -3.97. The lowest BCUT2D eigenvalue weighted by molar-refractivity contribution is -0.124. The number of rotatable bonds is 11. The van der Waals surface area contributed by atoms with Crippen molar-refractivity contribution in [2.45, 2.75) is 43.7 Å². The van der Waals surface area contributed by atoms with Gasteiger partial charge in [-0.15, -0.1) is 0 Å². The van der Waals surface area contributed by atoms with Gasteiger partial charge in [0.05, 0.1) is 10.9 Å². The topological polar surface area (TPSA) is 108 Å². The van der Waals surface area contributed by atoms with Crippen LogP contribution in [0.1, 0.15) is 25.8 Å². The van der Waals surface area contributed by atoms with E-state index in [1.54, 1.807) is 24.3 Å². The highest BCUT2D eigenvalue weighted by Gasteiger charge is 2.31. The normalized spacial score (nSPS) is 14.5. The molecule has 7 nitrogen and oxygen atoms in total. The predicted octanol–water partition coefficient (Wildman–Crippen LogP) is 4.50. The summed E-state index contributed by atoms with van der Waals surface area (Å²) in [6, 6.07) is 18.7. The maximum Gasteiger partial charge on any atom is 0.241 e. The molecule has 0 bridgehead atoms. The van der Waals surface area contributed by atoms with Gasteiger partial charge in [-0.05, 0) is 52.9 Å². The molecular formula is C29H31N3O4S. The largest absolute Gasteiger partial charge is 0.361 e. The van der Waals surface area contributed by atoms with Gasteiger partial charge < -0.3 is 10.3 Å². The molecule has 0 unspecified atom stereocenters. The van der Waals surface area contributed by atoms with Crippen molar-refractivity contribution in [3.8, 4) is 0 Å². The van der Waals surface area contributed by atoms with Gasteiger partial charge in [0, 0.05) is 17.1 Å². The molecule has 0 aliphatic heterocycles. The van der Waals surface area contributed by atoms with Crippen LogP contribution in [0, 0.1) is 5.92 Å². The first-order valence-electron chi connectivity index (χ1n) is 12.3. The number of aromatic amines is 1. The summed E-state index contributed by atoms with van der Waals surface area (Å²) in [6.07, 6.45) is 6.53. The number of aromatic nitrogens is 1. The molecule has 0 aliphatic rings. The van der Waals surface area contributed by atoms with Gasteiger partial charge in [0.15, 0.2) is 0 Å². The van der Waals surface area contributed by atoms with Gasteiger partial charge >= 0.3 is 0 Å². The van der Waals surface area contributed by atoms with Crippen molar-refractivity contribution >= 4 is 43.9 Å². The zero-order valence-electron chi connectivity index (χ0n) is 20.8. The smallest absolute Gasteiger partial charge is 0.241 e. The van der Waals surface area contributed by atoms with Crippen LogP contribution >= 0.6 is 0 Å². The molecule has 1 amide bonds. The average Bonchev–Trinajstić information content (AvgIpc) is 3.32. The SMILES string of the molecule is CC[C@H](C)[C@H](NS(=O)(=O)c1ccc2ccccc2c1)C(=O)N[C@H](C=CC=O)Cc1c[nH]c2ccccc12. The first kappa shape index (κ1) is 26.3. The molecule has 0 radical (unpaired) electrons. The Hall–Kier alpha value is -3.75. The monoisotopic (exact) mass is 517 g/mol. The molecule has 0 aliphatic carbocycles. The molecule has 1 heterocycles. The lowest BCUT2D eigenvalue weighted by atomic mass is 9.98. The standard InChI is InChI=1S/C29H31N3O4S/c1-3-20(2)28(32-37(35,36)25-15-14-21-9-4-5-10-22(21)18-25)29(34)31-24(11-8-16-33)17-23-19-30-27-13-7-6-12-26(23)27/h4-16,18-20,24,28,30,32H,3,17H2,1-2H3,(H,31,34)/t20-,24+,28-/m0/s1. The number of nitrogens with one attached hydrogen (secondary N) is 3. The Kier molecular flexibility index (Phi) is 8.21. The number of sulfonamides is 1. The Labute approximate surface area is 217 Å². The van der Waals surface area contributed by atoms with Crippen LogP contribution in [0.4, 0.5) is 0 Å². The number of H-pyrrole nitrogens is 1. The van der Waals surface area contributed by atoms with Crippen molar-refractivity contribution in [2.24, 2.45) is 5.92 Å². The molecule has 0 saturated carbocycles. The van der Waals surface area contributed by atoms with Crippen LogP contribution in [0.5, 0.6) is 0 Å². The Bertz CT molecular complexity index is 1540.